The van der Waals surface area contributed by atoms with Gasteiger partial charge in [-0.15, -0.1) is 0 Å². The fourth-order valence-corrected chi connectivity index (χ4v) is 4.26. The van der Waals surface area contributed by atoms with E-state index in [1.54, 1.807) is 71.0 Å². The maximum Gasteiger partial charge on any atom is 0.412 e. The standard InChI is InChI=1S/C29H30N2O7/c1-17-18(2)23(38-24-11-12-30-21-15-28(37-6)27(36-5)14-20(21)24)10-8-22(17)31(29(32)33)16-19-7-9-25(34-3)26(13-19)35-4/h7-15H,16H2,1-6H3,(H,32,33). The molecule has 0 radical (unpaired) electrons. The third-order valence-electron chi connectivity index (χ3n) is 6.45. The highest BCUT2D eigenvalue weighted by Gasteiger charge is 2.21. The number of aromatic nitrogens is 1. The first-order chi connectivity index (χ1) is 18.3. The minimum Gasteiger partial charge on any atom is -0.493 e. The number of amides is 1. The van der Waals surface area contributed by atoms with E-state index < -0.39 is 6.09 Å². The molecule has 0 saturated heterocycles. The van der Waals surface area contributed by atoms with Crippen molar-refractivity contribution in [3.63, 3.8) is 0 Å². The minimum absolute atomic E-state index is 0.132. The van der Waals surface area contributed by atoms with Gasteiger partial charge in [-0.25, -0.2) is 4.79 Å². The Hall–Kier alpha value is -4.66. The Morgan fingerprint density at radius 1 is 0.763 bits per heavy atom. The molecule has 0 fully saturated rings. The molecule has 9 nitrogen and oxygen atoms in total. The van der Waals surface area contributed by atoms with Crippen molar-refractivity contribution in [2.45, 2.75) is 20.4 Å². The van der Waals surface area contributed by atoms with Gasteiger partial charge in [-0.05, 0) is 66.9 Å². The molecule has 0 aliphatic heterocycles. The fraction of sp³-hybridized carbons (Fsp3) is 0.241. The highest BCUT2D eigenvalue weighted by atomic mass is 16.5. The summed E-state index contributed by atoms with van der Waals surface area (Å²) in [6, 6.07) is 14.3. The zero-order chi connectivity index (χ0) is 27.4. The summed E-state index contributed by atoms with van der Waals surface area (Å²) in [6.07, 6.45) is 0.590. The zero-order valence-electron chi connectivity index (χ0n) is 22.2. The van der Waals surface area contributed by atoms with E-state index in [2.05, 4.69) is 4.98 Å². The van der Waals surface area contributed by atoms with Crippen LogP contribution in [0.3, 0.4) is 0 Å². The van der Waals surface area contributed by atoms with Crippen LogP contribution in [0, 0.1) is 13.8 Å². The van der Waals surface area contributed by atoms with E-state index in [4.69, 9.17) is 23.7 Å². The van der Waals surface area contributed by atoms with Crippen molar-refractivity contribution < 1.29 is 33.6 Å². The van der Waals surface area contributed by atoms with Crippen molar-refractivity contribution in [3.05, 3.63) is 71.4 Å². The van der Waals surface area contributed by atoms with Crippen molar-refractivity contribution in [2.75, 3.05) is 33.3 Å². The van der Waals surface area contributed by atoms with Gasteiger partial charge in [0.05, 0.1) is 46.2 Å². The van der Waals surface area contributed by atoms with Crippen LogP contribution >= 0.6 is 0 Å². The molecule has 38 heavy (non-hydrogen) atoms. The summed E-state index contributed by atoms with van der Waals surface area (Å²) in [5, 5.41) is 10.8. The third kappa shape index (κ3) is 5.08. The lowest BCUT2D eigenvalue weighted by atomic mass is 10.0. The molecule has 198 valence electrons. The van der Waals surface area contributed by atoms with Gasteiger partial charge in [-0.3, -0.25) is 9.88 Å². The summed E-state index contributed by atoms with van der Waals surface area (Å²) >= 11 is 0. The van der Waals surface area contributed by atoms with Crippen molar-refractivity contribution >= 4 is 22.7 Å². The number of rotatable bonds is 9. The van der Waals surface area contributed by atoms with Gasteiger partial charge in [0.2, 0.25) is 0 Å². The van der Waals surface area contributed by atoms with Crippen LogP contribution < -0.4 is 28.6 Å². The molecule has 0 aliphatic carbocycles. The normalized spacial score (nSPS) is 10.7. The molecule has 0 saturated carbocycles. The van der Waals surface area contributed by atoms with Crippen LogP contribution in [0.4, 0.5) is 10.5 Å². The Kier molecular flexibility index (Phi) is 7.76. The van der Waals surface area contributed by atoms with Crippen LogP contribution in [0.5, 0.6) is 34.5 Å². The van der Waals surface area contributed by atoms with Crippen LogP contribution in [0.2, 0.25) is 0 Å². The highest BCUT2D eigenvalue weighted by Crippen LogP contribution is 2.39. The van der Waals surface area contributed by atoms with Crippen molar-refractivity contribution in [3.8, 4) is 34.5 Å². The van der Waals surface area contributed by atoms with Gasteiger partial charge in [-0.1, -0.05) is 6.07 Å². The summed E-state index contributed by atoms with van der Waals surface area (Å²) in [5.41, 5.74) is 3.60. The SMILES string of the molecule is COc1ccc(CN(C(=O)O)c2ccc(Oc3ccnc4cc(OC)c(OC)cc34)c(C)c2C)cc1OC. The number of ether oxygens (including phenoxy) is 5. The summed E-state index contributed by atoms with van der Waals surface area (Å²) in [5.74, 6) is 3.44. The number of hydrogen-bond acceptors (Lipinski definition) is 7. The number of fused-ring (bicyclic) bond motifs is 1. The number of pyridine rings is 1. The summed E-state index contributed by atoms with van der Waals surface area (Å²) in [4.78, 5) is 18.0. The summed E-state index contributed by atoms with van der Waals surface area (Å²) in [6.45, 7) is 3.91. The van der Waals surface area contributed by atoms with Gasteiger partial charge >= 0.3 is 6.09 Å². The number of carboxylic acid groups (broad SMARTS) is 1. The average molecular weight is 519 g/mol. The molecule has 0 unspecified atom stereocenters. The van der Waals surface area contributed by atoms with Gasteiger partial charge in [-0.2, -0.15) is 0 Å². The molecule has 0 atom stereocenters. The lowest BCUT2D eigenvalue weighted by Crippen LogP contribution is -2.29. The quantitative estimate of drug-likeness (QED) is 0.273. The first-order valence-electron chi connectivity index (χ1n) is 11.8. The van der Waals surface area contributed by atoms with E-state index in [9.17, 15) is 9.90 Å². The van der Waals surface area contributed by atoms with Crippen LogP contribution in [-0.2, 0) is 6.54 Å². The fourth-order valence-electron chi connectivity index (χ4n) is 4.26. The van der Waals surface area contributed by atoms with Crippen molar-refractivity contribution in [1.82, 2.24) is 4.98 Å². The van der Waals surface area contributed by atoms with Crippen LogP contribution in [0.15, 0.2) is 54.7 Å². The maximum absolute atomic E-state index is 12.3. The lowest BCUT2D eigenvalue weighted by molar-refractivity contribution is 0.201. The largest absolute Gasteiger partial charge is 0.493 e. The Bertz CT molecular complexity index is 1490. The maximum atomic E-state index is 12.3. The number of methoxy groups -OCH3 is 4. The predicted octanol–water partition coefficient (Wildman–Crippen LogP) is 6.36. The summed E-state index contributed by atoms with van der Waals surface area (Å²) in [7, 11) is 6.24. The van der Waals surface area contributed by atoms with Gasteiger partial charge in [0.15, 0.2) is 23.0 Å². The van der Waals surface area contributed by atoms with E-state index in [-0.39, 0.29) is 6.54 Å². The second kappa shape index (κ2) is 11.2. The van der Waals surface area contributed by atoms with Gasteiger partial charge in [0.25, 0.3) is 0 Å². The number of hydrogen-bond donors (Lipinski definition) is 1. The second-order valence-electron chi connectivity index (χ2n) is 8.53. The molecule has 3 aromatic carbocycles. The van der Waals surface area contributed by atoms with Crippen LogP contribution in [0.25, 0.3) is 10.9 Å². The Morgan fingerprint density at radius 3 is 2.05 bits per heavy atom. The van der Waals surface area contributed by atoms with E-state index in [0.29, 0.717) is 45.7 Å². The monoisotopic (exact) mass is 518 g/mol. The topological polar surface area (TPSA) is 99.6 Å². The van der Waals surface area contributed by atoms with Gasteiger partial charge in [0, 0.05) is 17.6 Å². The summed E-state index contributed by atoms with van der Waals surface area (Å²) < 4.78 is 27.8. The molecule has 1 heterocycles. The smallest absolute Gasteiger partial charge is 0.412 e. The van der Waals surface area contributed by atoms with Gasteiger partial charge < -0.3 is 28.8 Å². The van der Waals surface area contributed by atoms with Crippen LogP contribution in [0.1, 0.15) is 16.7 Å². The minimum atomic E-state index is -1.07. The predicted molar refractivity (Wildman–Crippen MR) is 145 cm³/mol. The highest BCUT2D eigenvalue weighted by molar-refractivity contribution is 5.89. The number of carbonyl (C=O) groups is 1. The molecule has 1 N–H and O–H groups in total. The first-order valence-corrected chi connectivity index (χ1v) is 11.8. The zero-order valence-corrected chi connectivity index (χ0v) is 22.2. The number of benzene rings is 3. The molecule has 1 amide bonds. The van der Waals surface area contributed by atoms with E-state index in [1.807, 2.05) is 26.0 Å². The Labute approximate surface area is 221 Å². The first kappa shape index (κ1) is 26.4. The molecule has 4 rings (SSSR count). The van der Waals surface area contributed by atoms with Gasteiger partial charge in [0.1, 0.15) is 11.5 Å². The average Bonchev–Trinajstić information content (AvgIpc) is 2.93. The molecule has 4 aromatic rings. The molecular formula is C29H30N2O7. The molecule has 0 aliphatic rings. The molecule has 9 heteroatoms. The van der Waals surface area contributed by atoms with Crippen LogP contribution in [-0.4, -0.2) is 44.6 Å². The van der Waals surface area contributed by atoms with E-state index in [0.717, 1.165) is 22.1 Å². The molecule has 1 aromatic heterocycles. The van der Waals surface area contributed by atoms with Crippen molar-refractivity contribution in [2.24, 2.45) is 0 Å². The number of nitrogens with zero attached hydrogens (tertiary/aromatic N) is 2. The molecule has 0 bridgehead atoms. The van der Waals surface area contributed by atoms with E-state index in [1.165, 1.54) is 4.90 Å². The van der Waals surface area contributed by atoms with E-state index >= 15 is 0 Å². The molecule has 0 spiro atoms. The van der Waals surface area contributed by atoms with Crippen molar-refractivity contribution in [1.29, 1.82) is 0 Å². The Morgan fingerprint density at radius 2 is 1.39 bits per heavy atom. The molecular weight excluding hydrogens is 488 g/mol. The second-order valence-corrected chi connectivity index (χ2v) is 8.53. The third-order valence-corrected chi connectivity index (χ3v) is 6.45. The Balaban J connectivity index is 1.68. The number of anilines is 1. The lowest BCUT2D eigenvalue weighted by Gasteiger charge is -2.24.